The monoisotopic (exact) mass is 1480 g/mol. The number of nitrogen functional groups attached to an aromatic ring is 8. The summed E-state index contributed by atoms with van der Waals surface area (Å²) in [7, 11) is 11.6. The van der Waals surface area contributed by atoms with Crippen LogP contribution in [0.15, 0.2) is 0 Å². The molecule has 8 heterocycles. The van der Waals surface area contributed by atoms with Crippen LogP contribution in [0.25, 0.3) is 0 Å². The molecule has 0 atom stereocenters. The molecule has 0 saturated heterocycles. The van der Waals surface area contributed by atoms with Gasteiger partial charge in [0, 0.05) is 94.6 Å². The zero-order valence-corrected chi connectivity index (χ0v) is 66.7. The first kappa shape index (κ1) is 92.7. The first-order valence-corrected chi connectivity index (χ1v) is 35.7. The van der Waals surface area contributed by atoms with Crippen LogP contribution in [0, 0.1) is 48.5 Å². The third-order valence-electron chi connectivity index (χ3n) is 13.4. The van der Waals surface area contributed by atoms with Crippen molar-refractivity contribution in [2.24, 2.45) is 0 Å². The Morgan fingerprint density at radius 1 is 0.236 bits per heavy atom. The minimum atomic E-state index is 0.258. The molecule has 8 aromatic heterocycles. The molecule has 41 nitrogen and oxygen atoms in total. The summed E-state index contributed by atoms with van der Waals surface area (Å²) in [4.78, 5) is 106. The predicted octanol–water partition coefficient (Wildman–Crippen LogP) is 6.09. The average molecular weight is 1480 g/mol. The lowest BCUT2D eigenvalue weighted by atomic mass is 10.2. The third kappa shape index (κ3) is 41.7. The van der Waals surface area contributed by atoms with Crippen LogP contribution in [0.3, 0.4) is 0 Å². The summed E-state index contributed by atoms with van der Waals surface area (Å²) in [5.74, 6) is 12.1. The number of rotatable bonds is 29. The van der Waals surface area contributed by atoms with Gasteiger partial charge in [-0.2, -0.15) is 120 Å². The lowest BCUT2D eigenvalue weighted by Crippen LogP contribution is -2.24. The van der Waals surface area contributed by atoms with Crippen molar-refractivity contribution < 1.29 is 0 Å². The number of nitrogens with one attached hydrogen (secondary N) is 4. The SMILES string of the molecule is CCCCCN(C)c1nc(N)nc(N(C)C)n1.CCCCCNc1nc(C)nc(N)n1.CCCCN(C)c1nc(C)nc(N)n1.CCCCNc1nc(C)nc(N)n1.CCCN(C)c1nc(C)nc(N)n1.CCCNc1nc(C)nc(N)n1.CCN(C)c1nc(C)nc(N)n1.CCNc1nc(C)nc(N)n1. The van der Waals surface area contributed by atoms with Crippen molar-refractivity contribution in [2.45, 2.75) is 181 Å². The first-order chi connectivity index (χ1) is 50.3. The Labute approximate surface area is 626 Å². The van der Waals surface area contributed by atoms with Crippen LogP contribution in [0.2, 0.25) is 0 Å². The number of hydrogen-bond acceptors (Lipinski definition) is 41. The lowest BCUT2D eigenvalue weighted by Gasteiger charge is -2.19. The fourth-order valence-corrected chi connectivity index (χ4v) is 8.16. The number of nitrogens with zero attached hydrogens (tertiary/aromatic N) is 29. The van der Waals surface area contributed by atoms with Gasteiger partial charge in [0.05, 0.1) is 0 Å². The van der Waals surface area contributed by atoms with Crippen LogP contribution in [0.4, 0.5) is 101 Å². The summed E-state index contributed by atoms with van der Waals surface area (Å²) < 4.78 is 0. The van der Waals surface area contributed by atoms with Crippen LogP contribution in [-0.2, 0) is 0 Å². The van der Waals surface area contributed by atoms with Gasteiger partial charge in [-0.1, -0.05) is 80.1 Å². The highest BCUT2D eigenvalue weighted by Gasteiger charge is 2.12. The van der Waals surface area contributed by atoms with Crippen molar-refractivity contribution in [2.75, 3.05) is 186 Å². The lowest BCUT2D eigenvalue weighted by molar-refractivity contribution is 0.695. The van der Waals surface area contributed by atoms with Gasteiger partial charge < -0.3 is 91.6 Å². The van der Waals surface area contributed by atoms with Crippen LogP contribution in [0.1, 0.15) is 173 Å². The van der Waals surface area contributed by atoms with Gasteiger partial charge in [0.2, 0.25) is 101 Å². The molecule has 0 radical (unpaired) electrons. The van der Waals surface area contributed by atoms with Crippen LogP contribution in [0.5, 0.6) is 0 Å². The Kier molecular flexibility index (Phi) is 46.0. The minimum Gasteiger partial charge on any atom is -0.368 e. The van der Waals surface area contributed by atoms with E-state index in [1.54, 1.807) is 41.5 Å². The Hall–Kier alpha value is -11.3. The molecule has 0 spiro atoms. The maximum atomic E-state index is 5.67. The Bertz CT molecular complexity index is 3550. The molecule has 106 heavy (non-hydrogen) atoms. The van der Waals surface area contributed by atoms with E-state index in [0.717, 1.165) is 104 Å². The zero-order valence-electron chi connectivity index (χ0n) is 66.7. The first-order valence-electron chi connectivity index (χ1n) is 35.7. The zero-order chi connectivity index (χ0) is 79.7. The second kappa shape index (κ2) is 52.6. The normalized spacial score (nSPS) is 10.0. The van der Waals surface area contributed by atoms with E-state index in [1.165, 1.54) is 25.7 Å². The molecular formula is C65H123N41. The number of nitrogens with two attached hydrogens (primary N) is 8. The quantitative estimate of drug-likeness (QED) is 0.0236. The van der Waals surface area contributed by atoms with Crippen molar-refractivity contribution in [3.63, 3.8) is 0 Å². The smallest absolute Gasteiger partial charge is 0.231 e. The topological polar surface area (TPSA) is 582 Å². The van der Waals surface area contributed by atoms with E-state index in [4.69, 9.17) is 45.9 Å². The summed E-state index contributed by atoms with van der Waals surface area (Å²) in [5.41, 5.74) is 43.9. The second-order valence-corrected chi connectivity index (χ2v) is 23.8. The summed E-state index contributed by atoms with van der Waals surface area (Å²) in [6, 6.07) is 0. The summed E-state index contributed by atoms with van der Waals surface area (Å²) in [6.07, 6.45) is 13.7. The third-order valence-corrected chi connectivity index (χ3v) is 13.4. The Morgan fingerprint density at radius 2 is 0.519 bits per heavy atom. The van der Waals surface area contributed by atoms with Gasteiger partial charge in [-0.15, -0.1) is 0 Å². The largest absolute Gasteiger partial charge is 0.368 e. The summed E-state index contributed by atoms with van der Waals surface area (Å²) in [6.45, 7) is 36.4. The maximum absolute atomic E-state index is 5.67. The maximum Gasteiger partial charge on any atom is 0.231 e. The van der Waals surface area contributed by atoms with Crippen LogP contribution >= 0.6 is 0 Å². The van der Waals surface area contributed by atoms with Gasteiger partial charge >= 0.3 is 0 Å². The molecule has 0 bridgehead atoms. The molecule has 0 amide bonds. The molecule has 0 unspecified atom stereocenters. The van der Waals surface area contributed by atoms with Gasteiger partial charge in [0.25, 0.3) is 0 Å². The van der Waals surface area contributed by atoms with E-state index in [9.17, 15) is 0 Å². The average Bonchev–Trinajstić information content (AvgIpc) is 0.825. The summed E-state index contributed by atoms with van der Waals surface area (Å²) >= 11 is 0. The minimum absolute atomic E-state index is 0.258. The molecule has 8 rings (SSSR count). The van der Waals surface area contributed by atoms with Crippen molar-refractivity contribution in [3.8, 4) is 0 Å². The fourth-order valence-electron chi connectivity index (χ4n) is 8.16. The predicted molar refractivity (Wildman–Crippen MR) is 429 cm³/mol. The highest BCUT2D eigenvalue weighted by molar-refractivity contribution is 5.43. The molecule has 588 valence electrons. The van der Waals surface area contributed by atoms with Gasteiger partial charge in [-0.25, -0.2) is 0 Å². The highest BCUT2D eigenvalue weighted by atomic mass is 15.3. The molecule has 0 aliphatic rings. The van der Waals surface area contributed by atoms with E-state index < -0.39 is 0 Å². The van der Waals surface area contributed by atoms with Gasteiger partial charge in [-0.3, -0.25) is 0 Å². The molecule has 0 aromatic carbocycles. The van der Waals surface area contributed by atoms with E-state index in [0.29, 0.717) is 94.3 Å². The van der Waals surface area contributed by atoms with Crippen molar-refractivity contribution in [3.05, 3.63) is 40.8 Å². The second-order valence-electron chi connectivity index (χ2n) is 23.8. The molecule has 8 aromatic rings. The van der Waals surface area contributed by atoms with Crippen molar-refractivity contribution in [1.82, 2.24) is 120 Å². The van der Waals surface area contributed by atoms with Crippen molar-refractivity contribution in [1.29, 1.82) is 0 Å². The van der Waals surface area contributed by atoms with Gasteiger partial charge in [0.1, 0.15) is 40.8 Å². The number of unbranched alkanes of at least 4 members (excludes halogenated alkanes) is 6. The molecule has 0 aliphatic carbocycles. The Balaban J connectivity index is 0.000000607. The number of aryl methyl sites for hydroxylation is 7. The van der Waals surface area contributed by atoms with Gasteiger partial charge in [-0.05, 0) is 101 Å². The standard InChI is InChI=1S/C11H22N6.2C9H17N5.2C8H15N5.2C7H13N5.C6H11N5/c1-5-6-7-8-17(4)11-14-9(12)13-10(15-11)16(2)3;1-4-5-6-14(3)9-12-7(2)11-8(10)13-9;1-3-4-5-6-11-9-13-7(2)12-8(10)14-9;1-4-5-13(3)8-11-6(2)10-7(9)12-8;1-3-4-5-10-8-12-6(2)11-7(9)13-8;1-4-12(3)7-10-5(2)9-6(8)11-7;1-3-4-9-7-11-5(2)10-6(8)12-7;1-3-8-6-10-4(2)9-5(7)11-6/h5-8H2,1-4H3,(H2,12,13,14,15);4-6H2,1-3H3,(H2,10,11,12,13);3-6H2,1-2H3,(H3,10,11,12,13,14);4-5H2,1-3H3,(H2,9,10,11,12);3-5H2,1-2H3,(H3,9,10,11,12,13);4H2,1-3H3,(H2,8,9,10,11);3-4H2,1-2H3,(H3,8,9,10,11,12);3H2,1-2H3,(H3,7,8,9,10,11). The molecule has 41 heteroatoms. The molecule has 0 saturated carbocycles. The van der Waals surface area contributed by atoms with E-state index in [1.807, 2.05) is 87.6 Å². The van der Waals surface area contributed by atoms with E-state index in [-0.39, 0.29) is 47.6 Å². The van der Waals surface area contributed by atoms with Crippen LogP contribution in [-0.4, -0.2) is 214 Å². The van der Waals surface area contributed by atoms with Gasteiger partial charge in [0.15, 0.2) is 0 Å². The van der Waals surface area contributed by atoms with E-state index in [2.05, 4.69) is 182 Å². The highest BCUT2D eigenvalue weighted by Crippen LogP contribution is 2.15. The molecule has 0 fully saturated rings. The number of aromatic nitrogens is 24. The number of anilines is 17. The number of hydrogen-bond donors (Lipinski definition) is 12. The molecule has 0 aliphatic heterocycles. The molecule has 20 N–H and O–H groups in total. The van der Waals surface area contributed by atoms with Crippen molar-refractivity contribution >= 4 is 101 Å². The molecular weight excluding hydrogens is 1360 g/mol. The fraction of sp³-hybridized carbons (Fsp3) is 0.631. The van der Waals surface area contributed by atoms with Crippen LogP contribution < -0.4 is 91.6 Å². The summed E-state index contributed by atoms with van der Waals surface area (Å²) in [5, 5.41) is 12.2. The van der Waals surface area contributed by atoms with E-state index >= 15 is 0 Å². The Morgan fingerprint density at radius 3 is 0.840 bits per heavy atom.